The van der Waals surface area contributed by atoms with E-state index in [0.29, 0.717) is 45.1 Å². The third-order valence-corrected chi connectivity index (χ3v) is 5.71. The number of amides is 1. The molecule has 2 aliphatic heterocycles. The lowest BCUT2D eigenvalue weighted by molar-refractivity contribution is -0.0573. The van der Waals surface area contributed by atoms with E-state index in [1.807, 2.05) is 21.7 Å². The van der Waals surface area contributed by atoms with E-state index in [-0.39, 0.29) is 5.91 Å². The summed E-state index contributed by atoms with van der Waals surface area (Å²) < 4.78 is 12.6. The fraction of sp³-hybridized carbons (Fsp3) is 0.632. The lowest BCUT2D eigenvalue weighted by atomic mass is 9.85. The molecular weight excluding hydrogens is 374 g/mol. The van der Waals surface area contributed by atoms with Gasteiger partial charge in [-0.05, 0) is 35.4 Å². The van der Waals surface area contributed by atoms with Gasteiger partial charge >= 0.3 is 0 Å². The summed E-state index contributed by atoms with van der Waals surface area (Å²) in [6, 6.07) is 5.41. The third-order valence-electron chi connectivity index (χ3n) is 5.71. The first-order chi connectivity index (χ1) is 14.2. The average Bonchev–Trinajstić information content (AvgIpc) is 3.27. The van der Waals surface area contributed by atoms with Crippen molar-refractivity contribution in [2.75, 3.05) is 53.1 Å². The Morgan fingerprint density at radius 1 is 1.28 bits per heavy atom. The van der Waals surface area contributed by atoms with Crippen LogP contribution in [0.5, 0.6) is 0 Å². The van der Waals surface area contributed by atoms with Gasteiger partial charge in [0.25, 0.3) is 5.91 Å². The van der Waals surface area contributed by atoms with Gasteiger partial charge in [-0.3, -0.25) is 14.7 Å². The number of ether oxygens (including phenoxy) is 2. The average molecular weight is 401 g/mol. The summed E-state index contributed by atoms with van der Waals surface area (Å²) >= 11 is 0. The van der Waals surface area contributed by atoms with E-state index >= 15 is 0 Å². The van der Waals surface area contributed by atoms with Crippen molar-refractivity contribution in [3.8, 4) is 0 Å². The molecule has 0 radical (unpaired) electrons. The SMILES string of the molecule is COCCn1nnnc1C1(N2CCOCC2)CCCN(C(=O)c2ccccn2)C1. The van der Waals surface area contributed by atoms with Crippen LogP contribution in [0.3, 0.4) is 0 Å². The summed E-state index contributed by atoms with van der Waals surface area (Å²) in [5, 5.41) is 12.6. The molecule has 2 aromatic heterocycles. The zero-order chi connectivity index (χ0) is 20.1. The number of methoxy groups -OCH3 is 1. The van der Waals surface area contributed by atoms with E-state index in [1.165, 1.54) is 0 Å². The number of tetrazole rings is 1. The van der Waals surface area contributed by atoms with Crippen molar-refractivity contribution in [3.05, 3.63) is 35.9 Å². The van der Waals surface area contributed by atoms with Crippen molar-refractivity contribution in [3.63, 3.8) is 0 Å². The van der Waals surface area contributed by atoms with Gasteiger partial charge in [-0.1, -0.05) is 6.07 Å². The standard InChI is InChI=1S/C19H27N7O3/c1-28-12-11-26-18(21-22-23-26)19(25-9-13-29-14-10-25)6-4-8-24(15-19)17(27)16-5-2-3-7-20-16/h2-3,5,7H,4,6,8-15H2,1H3. The molecule has 0 aliphatic carbocycles. The fourth-order valence-corrected chi connectivity index (χ4v) is 4.30. The Labute approximate surface area is 169 Å². The van der Waals surface area contributed by atoms with Gasteiger partial charge in [0.15, 0.2) is 5.82 Å². The highest BCUT2D eigenvalue weighted by atomic mass is 16.5. The number of nitrogens with zero attached hydrogens (tertiary/aromatic N) is 7. The molecule has 2 fully saturated rings. The van der Waals surface area contributed by atoms with Crippen molar-refractivity contribution in [1.29, 1.82) is 0 Å². The Bertz CT molecular complexity index is 809. The summed E-state index contributed by atoms with van der Waals surface area (Å²) in [6.45, 7) is 5.19. The minimum absolute atomic E-state index is 0.0566. The Hall–Kier alpha value is -2.43. The maximum atomic E-state index is 13.1. The van der Waals surface area contributed by atoms with E-state index in [0.717, 1.165) is 31.8 Å². The number of carbonyl (C=O) groups is 1. The smallest absolute Gasteiger partial charge is 0.272 e. The molecule has 29 heavy (non-hydrogen) atoms. The summed E-state index contributed by atoms with van der Waals surface area (Å²) in [6.07, 6.45) is 3.40. The van der Waals surface area contributed by atoms with Crippen LogP contribution in [0.4, 0.5) is 0 Å². The molecule has 2 aromatic rings. The second-order valence-electron chi connectivity index (χ2n) is 7.39. The highest BCUT2D eigenvalue weighted by Gasteiger charge is 2.47. The number of aromatic nitrogens is 5. The molecule has 0 N–H and O–H groups in total. The highest BCUT2D eigenvalue weighted by molar-refractivity contribution is 5.92. The lowest BCUT2D eigenvalue weighted by Gasteiger charge is -2.49. The first kappa shape index (κ1) is 19.9. The molecule has 0 spiro atoms. The predicted octanol–water partition coefficient (Wildman–Crippen LogP) is 0.178. The number of hydrogen-bond acceptors (Lipinski definition) is 8. The van der Waals surface area contributed by atoms with Gasteiger partial charge < -0.3 is 14.4 Å². The monoisotopic (exact) mass is 401 g/mol. The first-order valence-corrected chi connectivity index (χ1v) is 10.0. The molecule has 0 saturated carbocycles. The van der Waals surface area contributed by atoms with Crippen LogP contribution < -0.4 is 0 Å². The number of rotatable bonds is 6. The first-order valence-electron chi connectivity index (χ1n) is 10.0. The zero-order valence-corrected chi connectivity index (χ0v) is 16.7. The molecule has 4 heterocycles. The van der Waals surface area contributed by atoms with Crippen LogP contribution in [0.2, 0.25) is 0 Å². The molecule has 2 saturated heterocycles. The Balaban J connectivity index is 1.67. The topological polar surface area (TPSA) is 98.5 Å². The maximum Gasteiger partial charge on any atom is 0.272 e. The number of hydrogen-bond donors (Lipinski definition) is 0. The van der Waals surface area contributed by atoms with Crippen molar-refractivity contribution in [2.45, 2.75) is 24.9 Å². The number of carbonyl (C=O) groups excluding carboxylic acids is 1. The van der Waals surface area contributed by atoms with Crippen LogP contribution in [0.15, 0.2) is 24.4 Å². The lowest BCUT2D eigenvalue weighted by Crippen LogP contribution is -2.61. The van der Waals surface area contributed by atoms with Gasteiger partial charge in [0, 0.05) is 39.5 Å². The van der Waals surface area contributed by atoms with Crippen LogP contribution in [0.1, 0.15) is 29.2 Å². The van der Waals surface area contributed by atoms with E-state index < -0.39 is 5.54 Å². The Morgan fingerprint density at radius 2 is 2.14 bits per heavy atom. The highest BCUT2D eigenvalue weighted by Crippen LogP contribution is 2.37. The molecule has 1 amide bonds. The molecule has 4 rings (SSSR count). The summed E-state index contributed by atoms with van der Waals surface area (Å²) in [5.41, 5.74) is 0.00762. The van der Waals surface area contributed by atoms with Gasteiger partial charge in [0.05, 0.1) is 26.4 Å². The summed E-state index contributed by atoms with van der Waals surface area (Å²) in [5.74, 6) is 0.730. The van der Waals surface area contributed by atoms with E-state index in [4.69, 9.17) is 9.47 Å². The minimum atomic E-state index is -0.455. The maximum absolute atomic E-state index is 13.1. The van der Waals surface area contributed by atoms with Crippen molar-refractivity contribution >= 4 is 5.91 Å². The van der Waals surface area contributed by atoms with Crippen LogP contribution >= 0.6 is 0 Å². The molecule has 156 valence electrons. The minimum Gasteiger partial charge on any atom is -0.383 e. The van der Waals surface area contributed by atoms with E-state index in [2.05, 4.69) is 25.4 Å². The van der Waals surface area contributed by atoms with Crippen LogP contribution in [0, 0.1) is 0 Å². The molecule has 1 atom stereocenters. The third kappa shape index (κ3) is 4.00. The van der Waals surface area contributed by atoms with Crippen molar-refractivity contribution < 1.29 is 14.3 Å². The van der Waals surface area contributed by atoms with Gasteiger partial charge in [0.2, 0.25) is 0 Å². The van der Waals surface area contributed by atoms with Gasteiger partial charge in [-0.15, -0.1) is 5.10 Å². The van der Waals surface area contributed by atoms with E-state index in [9.17, 15) is 4.79 Å². The number of piperidine rings is 1. The molecule has 10 nitrogen and oxygen atoms in total. The number of pyridine rings is 1. The zero-order valence-electron chi connectivity index (χ0n) is 16.7. The molecular formula is C19H27N7O3. The van der Waals surface area contributed by atoms with Crippen LogP contribution in [-0.4, -0.2) is 94.0 Å². The van der Waals surface area contributed by atoms with Crippen molar-refractivity contribution in [2.24, 2.45) is 0 Å². The van der Waals surface area contributed by atoms with Gasteiger partial charge in [-0.25, -0.2) is 4.68 Å². The molecule has 2 aliphatic rings. The molecule has 10 heteroatoms. The quantitative estimate of drug-likeness (QED) is 0.676. The Morgan fingerprint density at radius 3 is 2.90 bits per heavy atom. The number of likely N-dealkylation sites (tertiary alicyclic amines) is 1. The molecule has 1 unspecified atom stereocenters. The number of morpholine rings is 1. The second-order valence-corrected chi connectivity index (χ2v) is 7.39. The van der Waals surface area contributed by atoms with Gasteiger partial charge in [0.1, 0.15) is 11.2 Å². The normalized spacial score (nSPS) is 23.3. The Kier molecular flexibility index (Phi) is 6.12. The summed E-state index contributed by atoms with van der Waals surface area (Å²) in [7, 11) is 1.66. The van der Waals surface area contributed by atoms with Crippen molar-refractivity contribution in [1.82, 2.24) is 35.0 Å². The summed E-state index contributed by atoms with van der Waals surface area (Å²) in [4.78, 5) is 21.7. The van der Waals surface area contributed by atoms with Gasteiger partial charge in [-0.2, -0.15) is 0 Å². The largest absolute Gasteiger partial charge is 0.383 e. The molecule has 0 aromatic carbocycles. The predicted molar refractivity (Wildman–Crippen MR) is 103 cm³/mol. The van der Waals surface area contributed by atoms with Crippen LogP contribution in [0.25, 0.3) is 0 Å². The fourth-order valence-electron chi connectivity index (χ4n) is 4.30. The second kappa shape index (κ2) is 8.93. The van der Waals surface area contributed by atoms with E-state index in [1.54, 1.807) is 19.4 Å². The van der Waals surface area contributed by atoms with Crippen LogP contribution in [-0.2, 0) is 21.6 Å². The molecule has 0 bridgehead atoms.